The molecule has 1 aliphatic heterocycles. The third-order valence-electron chi connectivity index (χ3n) is 4.64. The summed E-state index contributed by atoms with van der Waals surface area (Å²) >= 11 is 0. The van der Waals surface area contributed by atoms with Gasteiger partial charge in [-0.2, -0.15) is 5.10 Å². The molecule has 1 aliphatic rings. The quantitative estimate of drug-likeness (QED) is 0.706. The van der Waals surface area contributed by atoms with Crippen LogP contribution in [-0.4, -0.2) is 49.0 Å². The number of piperidine rings is 1. The van der Waals surface area contributed by atoms with Crippen LogP contribution in [0.25, 0.3) is 5.69 Å². The lowest BCUT2D eigenvalue weighted by Crippen LogP contribution is -2.30. The number of carbonyl (C=O) groups is 1. The first-order chi connectivity index (χ1) is 12.7. The second-order valence-corrected chi connectivity index (χ2v) is 6.46. The lowest BCUT2D eigenvalue weighted by molar-refractivity contribution is 0.0947. The van der Waals surface area contributed by atoms with Crippen LogP contribution in [0.5, 0.6) is 0 Å². The second kappa shape index (κ2) is 10.4. The molecule has 0 saturated carbocycles. The summed E-state index contributed by atoms with van der Waals surface area (Å²) in [5.74, 6) is -0.251. The van der Waals surface area contributed by atoms with E-state index in [2.05, 4.69) is 15.7 Å². The molecule has 1 aromatic heterocycles. The first-order valence-corrected chi connectivity index (χ1v) is 9.02. The lowest BCUT2D eigenvalue weighted by Gasteiger charge is -2.24. The van der Waals surface area contributed by atoms with Crippen molar-refractivity contribution in [1.82, 2.24) is 20.4 Å². The van der Waals surface area contributed by atoms with E-state index in [4.69, 9.17) is 4.74 Å². The van der Waals surface area contributed by atoms with E-state index in [1.54, 1.807) is 30.1 Å². The van der Waals surface area contributed by atoms with Gasteiger partial charge in [-0.3, -0.25) is 4.79 Å². The largest absolute Gasteiger partial charge is 0.385 e. The monoisotopic (exact) mass is 396 g/mol. The van der Waals surface area contributed by atoms with Crippen molar-refractivity contribution < 1.29 is 13.9 Å². The summed E-state index contributed by atoms with van der Waals surface area (Å²) in [6.07, 6.45) is 4.19. The molecular formula is C19H26ClFN4O2. The number of hydrogen-bond acceptors (Lipinski definition) is 4. The average molecular weight is 397 g/mol. The van der Waals surface area contributed by atoms with E-state index in [0.29, 0.717) is 24.4 Å². The molecule has 8 heteroatoms. The fourth-order valence-electron chi connectivity index (χ4n) is 3.35. The van der Waals surface area contributed by atoms with E-state index >= 15 is 0 Å². The Morgan fingerprint density at radius 1 is 1.41 bits per heavy atom. The highest BCUT2D eigenvalue weighted by Crippen LogP contribution is 2.30. The number of nitrogens with one attached hydrogen (secondary N) is 2. The van der Waals surface area contributed by atoms with E-state index in [9.17, 15) is 9.18 Å². The van der Waals surface area contributed by atoms with Crippen LogP contribution in [0.1, 0.15) is 41.2 Å². The number of benzene rings is 1. The Hall–Kier alpha value is -1.96. The number of ether oxygens (including phenoxy) is 1. The van der Waals surface area contributed by atoms with Crippen molar-refractivity contribution in [2.45, 2.75) is 25.2 Å². The number of aromatic nitrogens is 2. The molecule has 1 saturated heterocycles. The molecule has 0 aliphatic carbocycles. The van der Waals surface area contributed by atoms with Crippen LogP contribution < -0.4 is 10.6 Å². The smallest absolute Gasteiger partial charge is 0.254 e. The van der Waals surface area contributed by atoms with Crippen molar-refractivity contribution in [2.75, 3.05) is 33.4 Å². The standard InChI is InChI=1S/C19H25FN4O2.ClH/c1-26-11-3-8-22-19(25)17-13-23-24(16-5-2-4-15(20)12-16)18(17)14-6-9-21-10-7-14;/h2,4-5,12-14,21H,3,6-11H2,1H3,(H,22,25);1H. The number of carbonyl (C=O) groups excluding carboxylic acids is 1. The van der Waals surface area contributed by atoms with E-state index in [1.165, 1.54) is 12.1 Å². The van der Waals surface area contributed by atoms with Gasteiger partial charge in [0.15, 0.2) is 0 Å². The molecule has 2 aromatic rings. The van der Waals surface area contributed by atoms with Crippen LogP contribution in [-0.2, 0) is 4.74 Å². The van der Waals surface area contributed by atoms with Crippen LogP contribution in [0.3, 0.4) is 0 Å². The number of halogens is 2. The number of hydrogen-bond donors (Lipinski definition) is 2. The Morgan fingerprint density at radius 3 is 2.89 bits per heavy atom. The molecule has 3 rings (SSSR count). The minimum atomic E-state index is -0.320. The summed E-state index contributed by atoms with van der Waals surface area (Å²) in [6.45, 7) is 2.94. The Kier molecular flexibility index (Phi) is 8.22. The molecule has 27 heavy (non-hydrogen) atoms. The fraction of sp³-hybridized carbons (Fsp3) is 0.474. The number of methoxy groups -OCH3 is 1. The molecule has 1 fully saturated rings. The predicted octanol–water partition coefficient (Wildman–Crippen LogP) is 2.67. The maximum atomic E-state index is 13.7. The van der Waals surface area contributed by atoms with Crippen molar-refractivity contribution in [3.8, 4) is 5.69 Å². The number of rotatable bonds is 7. The Balaban J connectivity index is 0.00000261. The van der Waals surface area contributed by atoms with Gasteiger partial charge in [-0.1, -0.05) is 6.07 Å². The highest BCUT2D eigenvalue weighted by molar-refractivity contribution is 5.95. The van der Waals surface area contributed by atoms with Crippen molar-refractivity contribution in [1.29, 1.82) is 0 Å². The van der Waals surface area contributed by atoms with Gasteiger partial charge in [0.05, 0.1) is 23.1 Å². The topological polar surface area (TPSA) is 68.2 Å². The zero-order valence-electron chi connectivity index (χ0n) is 15.4. The first kappa shape index (κ1) is 21.3. The lowest BCUT2D eigenvalue weighted by atomic mass is 9.91. The molecule has 1 aromatic carbocycles. The predicted molar refractivity (Wildman–Crippen MR) is 104 cm³/mol. The Morgan fingerprint density at radius 2 is 2.19 bits per heavy atom. The van der Waals surface area contributed by atoms with Gasteiger partial charge in [0.25, 0.3) is 5.91 Å². The van der Waals surface area contributed by atoms with Gasteiger partial charge in [-0.25, -0.2) is 9.07 Å². The summed E-state index contributed by atoms with van der Waals surface area (Å²) in [4.78, 5) is 12.7. The molecule has 0 unspecified atom stereocenters. The second-order valence-electron chi connectivity index (χ2n) is 6.46. The van der Waals surface area contributed by atoms with Crippen LogP contribution in [0.4, 0.5) is 4.39 Å². The van der Waals surface area contributed by atoms with Gasteiger partial charge in [-0.05, 0) is 50.6 Å². The van der Waals surface area contributed by atoms with Crippen molar-refractivity contribution in [3.63, 3.8) is 0 Å². The maximum Gasteiger partial charge on any atom is 0.254 e. The van der Waals surface area contributed by atoms with Gasteiger partial charge in [-0.15, -0.1) is 12.4 Å². The molecule has 6 nitrogen and oxygen atoms in total. The number of nitrogens with zero attached hydrogens (tertiary/aromatic N) is 2. The summed E-state index contributed by atoms with van der Waals surface area (Å²) in [5.41, 5.74) is 2.07. The normalized spacial score (nSPS) is 14.6. The Bertz CT molecular complexity index is 747. The molecule has 0 atom stereocenters. The van der Waals surface area contributed by atoms with E-state index in [-0.39, 0.29) is 30.0 Å². The minimum Gasteiger partial charge on any atom is -0.385 e. The number of amides is 1. The highest BCUT2D eigenvalue weighted by atomic mass is 35.5. The summed E-state index contributed by atoms with van der Waals surface area (Å²) in [6, 6.07) is 6.31. The fourth-order valence-corrected chi connectivity index (χ4v) is 3.35. The molecule has 0 radical (unpaired) electrons. The van der Waals surface area contributed by atoms with Gasteiger partial charge >= 0.3 is 0 Å². The molecule has 2 heterocycles. The third kappa shape index (κ3) is 5.28. The zero-order valence-corrected chi connectivity index (χ0v) is 16.2. The summed E-state index contributed by atoms with van der Waals surface area (Å²) in [7, 11) is 1.64. The molecular weight excluding hydrogens is 371 g/mol. The van der Waals surface area contributed by atoms with Crippen molar-refractivity contribution in [3.05, 3.63) is 47.5 Å². The molecule has 148 valence electrons. The minimum absolute atomic E-state index is 0. The molecule has 0 spiro atoms. The average Bonchev–Trinajstić information content (AvgIpc) is 3.11. The summed E-state index contributed by atoms with van der Waals surface area (Å²) in [5, 5.41) is 10.7. The van der Waals surface area contributed by atoms with E-state index < -0.39 is 0 Å². The van der Waals surface area contributed by atoms with Crippen LogP contribution in [0.15, 0.2) is 30.5 Å². The SMILES string of the molecule is COCCCNC(=O)c1cnn(-c2cccc(F)c2)c1C1CCNCC1.Cl. The van der Waals surface area contributed by atoms with Crippen LogP contribution in [0.2, 0.25) is 0 Å². The van der Waals surface area contributed by atoms with E-state index in [0.717, 1.165) is 38.0 Å². The van der Waals surface area contributed by atoms with Crippen LogP contribution in [0, 0.1) is 5.82 Å². The zero-order chi connectivity index (χ0) is 18.4. The van der Waals surface area contributed by atoms with Gasteiger partial charge < -0.3 is 15.4 Å². The van der Waals surface area contributed by atoms with Gasteiger partial charge in [0, 0.05) is 26.2 Å². The third-order valence-corrected chi connectivity index (χ3v) is 4.64. The van der Waals surface area contributed by atoms with Crippen LogP contribution >= 0.6 is 12.4 Å². The van der Waals surface area contributed by atoms with E-state index in [1.807, 2.05) is 0 Å². The van der Waals surface area contributed by atoms with Crippen molar-refractivity contribution >= 4 is 18.3 Å². The maximum absolute atomic E-state index is 13.7. The molecule has 2 N–H and O–H groups in total. The molecule has 0 bridgehead atoms. The van der Waals surface area contributed by atoms with Gasteiger partial charge in [0.1, 0.15) is 5.82 Å². The first-order valence-electron chi connectivity index (χ1n) is 9.02. The Labute approximate surface area is 164 Å². The summed E-state index contributed by atoms with van der Waals surface area (Å²) < 4.78 is 20.4. The van der Waals surface area contributed by atoms with Gasteiger partial charge in [0.2, 0.25) is 0 Å². The van der Waals surface area contributed by atoms with Crippen molar-refractivity contribution in [2.24, 2.45) is 0 Å². The molecule has 1 amide bonds. The highest BCUT2D eigenvalue weighted by Gasteiger charge is 2.26.